The standard InChI is InChI=1S/C23H24N2O4/c1-29-17-8-4-7-16(15-17)20-11-5-13-24(20)21(26)12-6-14-25-22(27)18-9-2-3-10-19(18)23(25)28/h2-4,7-10,15,20H,5-6,11-14H2,1H3. The van der Waals surface area contributed by atoms with E-state index in [9.17, 15) is 14.4 Å². The molecule has 0 radical (unpaired) electrons. The largest absolute Gasteiger partial charge is 0.497 e. The molecule has 2 aromatic rings. The molecule has 4 rings (SSSR count). The van der Waals surface area contributed by atoms with E-state index in [1.807, 2.05) is 29.2 Å². The Bertz CT molecular complexity index is 920. The molecular formula is C23H24N2O4. The number of carbonyl (C=O) groups is 3. The van der Waals surface area contributed by atoms with Crippen LogP contribution < -0.4 is 4.74 Å². The topological polar surface area (TPSA) is 66.9 Å². The highest BCUT2D eigenvalue weighted by atomic mass is 16.5. The van der Waals surface area contributed by atoms with Gasteiger partial charge >= 0.3 is 0 Å². The predicted octanol–water partition coefficient (Wildman–Crippen LogP) is 3.44. The summed E-state index contributed by atoms with van der Waals surface area (Å²) in [6, 6.07) is 14.7. The molecule has 6 nitrogen and oxygen atoms in total. The zero-order valence-corrected chi connectivity index (χ0v) is 16.5. The van der Waals surface area contributed by atoms with E-state index >= 15 is 0 Å². The maximum Gasteiger partial charge on any atom is 0.261 e. The molecule has 1 fully saturated rings. The van der Waals surface area contributed by atoms with Crippen LogP contribution in [-0.2, 0) is 4.79 Å². The summed E-state index contributed by atoms with van der Waals surface area (Å²) in [5.41, 5.74) is 1.97. The number of fused-ring (bicyclic) bond motifs is 1. The number of hydrogen-bond donors (Lipinski definition) is 0. The number of benzene rings is 2. The van der Waals surface area contributed by atoms with Crippen molar-refractivity contribution < 1.29 is 19.1 Å². The summed E-state index contributed by atoms with van der Waals surface area (Å²) in [5, 5.41) is 0. The molecule has 2 heterocycles. The molecule has 150 valence electrons. The van der Waals surface area contributed by atoms with Crippen LogP contribution in [-0.4, -0.2) is 47.7 Å². The van der Waals surface area contributed by atoms with E-state index < -0.39 is 0 Å². The van der Waals surface area contributed by atoms with Crippen LogP contribution in [0.15, 0.2) is 48.5 Å². The molecule has 0 bridgehead atoms. The Morgan fingerprint density at radius 2 is 1.79 bits per heavy atom. The van der Waals surface area contributed by atoms with Crippen LogP contribution in [0.1, 0.15) is 58.0 Å². The predicted molar refractivity (Wildman–Crippen MR) is 108 cm³/mol. The van der Waals surface area contributed by atoms with Gasteiger partial charge in [0.1, 0.15) is 5.75 Å². The van der Waals surface area contributed by atoms with Gasteiger partial charge in [-0.15, -0.1) is 0 Å². The van der Waals surface area contributed by atoms with Crippen molar-refractivity contribution in [2.75, 3.05) is 20.2 Å². The molecule has 2 aromatic carbocycles. The number of amides is 3. The van der Waals surface area contributed by atoms with Crippen LogP contribution >= 0.6 is 0 Å². The highest BCUT2D eigenvalue weighted by Crippen LogP contribution is 2.34. The van der Waals surface area contributed by atoms with Gasteiger partial charge in [-0.2, -0.15) is 0 Å². The van der Waals surface area contributed by atoms with Crippen molar-refractivity contribution in [1.29, 1.82) is 0 Å². The van der Waals surface area contributed by atoms with E-state index in [2.05, 4.69) is 0 Å². The molecule has 0 spiro atoms. The quantitative estimate of drug-likeness (QED) is 0.707. The first-order chi connectivity index (χ1) is 14.1. The Morgan fingerprint density at radius 3 is 2.48 bits per heavy atom. The Hall–Kier alpha value is -3.15. The van der Waals surface area contributed by atoms with Crippen molar-refractivity contribution in [3.05, 3.63) is 65.2 Å². The number of imide groups is 1. The zero-order valence-electron chi connectivity index (χ0n) is 16.5. The van der Waals surface area contributed by atoms with Gasteiger partial charge in [-0.05, 0) is 49.1 Å². The molecule has 2 aliphatic heterocycles. The maximum atomic E-state index is 12.8. The van der Waals surface area contributed by atoms with E-state index in [0.29, 0.717) is 24.0 Å². The van der Waals surface area contributed by atoms with E-state index in [1.165, 1.54) is 4.90 Å². The Labute approximate surface area is 170 Å². The first-order valence-electron chi connectivity index (χ1n) is 9.99. The lowest BCUT2D eigenvalue weighted by atomic mass is 10.0. The minimum absolute atomic E-state index is 0.0527. The van der Waals surface area contributed by atoms with Crippen LogP contribution in [0.5, 0.6) is 5.75 Å². The molecule has 1 saturated heterocycles. The van der Waals surface area contributed by atoms with Gasteiger partial charge in [0.15, 0.2) is 0 Å². The summed E-state index contributed by atoms with van der Waals surface area (Å²) in [4.78, 5) is 40.9. The normalized spacial score (nSPS) is 18.3. The van der Waals surface area contributed by atoms with E-state index in [1.54, 1.807) is 31.4 Å². The summed E-state index contributed by atoms with van der Waals surface area (Å²) in [7, 11) is 1.63. The SMILES string of the molecule is COc1cccc(C2CCCN2C(=O)CCCN2C(=O)c3ccccc3C2=O)c1. The monoisotopic (exact) mass is 392 g/mol. The van der Waals surface area contributed by atoms with Gasteiger partial charge in [0.2, 0.25) is 5.91 Å². The second-order valence-corrected chi connectivity index (χ2v) is 7.43. The van der Waals surface area contributed by atoms with Crippen LogP contribution in [0, 0.1) is 0 Å². The number of likely N-dealkylation sites (tertiary alicyclic amines) is 1. The van der Waals surface area contributed by atoms with Gasteiger partial charge < -0.3 is 9.64 Å². The molecular weight excluding hydrogens is 368 g/mol. The molecule has 0 aromatic heterocycles. The first-order valence-corrected chi connectivity index (χ1v) is 9.99. The molecule has 6 heteroatoms. The smallest absolute Gasteiger partial charge is 0.261 e. The van der Waals surface area contributed by atoms with Crippen molar-refractivity contribution >= 4 is 17.7 Å². The molecule has 0 saturated carbocycles. The lowest BCUT2D eigenvalue weighted by Crippen LogP contribution is -2.33. The van der Waals surface area contributed by atoms with Gasteiger partial charge in [0.05, 0.1) is 24.3 Å². The van der Waals surface area contributed by atoms with E-state index in [-0.39, 0.29) is 30.3 Å². The van der Waals surface area contributed by atoms with E-state index in [4.69, 9.17) is 4.74 Å². The summed E-state index contributed by atoms with van der Waals surface area (Å²) < 4.78 is 5.31. The van der Waals surface area contributed by atoms with Gasteiger partial charge in [-0.1, -0.05) is 24.3 Å². The highest BCUT2D eigenvalue weighted by Gasteiger charge is 2.35. The molecule has 2 aliphatic rings. The Kier molecular flexibility index (Phi) is 5.34. The van der Waals surface area contributed by atoms with Crippen LogP contribution in [0.2, 0.25) is 0 Å². The Morgan fingerprint density at radius 1 is 1.07 bits per heavy atom. The molecule has 1 unspecified atom stereocenters. The molecule has 0 aliphatic carbocycles. The number of ether oxygens (including phenoxy) is 1. The van der Waals surface area contributed by atoms with E-state index in [0.717, 1.165) is 30.7 Å². The van der Waals surface area contributed by atoms with Crippen LogP contribution in [0.4, 0.5) is 0 Å². The molecule has 29 heavy (non-hydrogen) atoms. The summed E-state index contributed by atoms with van der Waals surface area (Å²) in [6.45, 7) is 0.990. The second-order valence-electron chi connectivity index (χ2n) is 7.43. The summed E-state index contributed by atoms with van der Waals surface area (Å²) >= 11 is 0. The second kappa shape index (κ2) is 8.07. The van der Waals surface area contributed by atoms with Gasteiger partial charge in [0, 0.05) is 19.5 Å². The lowest BCUT2D eigenvalue weighted by Gasteiger charge is -2.26. The van der Waals surface area contributed by atoms with Crippen molar-refractivity contribution in [3.63, 3.8) is 0 Å². The first kappa shape index (κ1) is 19.2. The summed E-state index contributed by atoms with van der Waals surface area (Å²) in [6.07, 6.45) is 2.67. The average molecular weight is 392 g/mol. The van der Waals surface area contributed by atoms with Crippen molar-refractivity contribution in [2.45, 2.75) is 31.7 Å². The number of carbonyl (C=O) groups excluding carboxylic acids is 3. The van der Waals surface area contributed by atoms with Crippen LogP contribution in [0.25, 0.3) is 0 Å². The lowest BCUT2D eigenvalue weighted by molar-refractivity contribution is -0.132. The highest BCUT2D eigenvalue weighted by molar-refractivity contribution is 6.21. The summed E-state index contributed by atoms with van der Waals surface area (Å²) in [5.74, 6) is 0.307. The molecule has 1 atom stereocenters. The zero-order chi connectivity index (χ0) is 20.4. The van der Waals surface area contributed by atoms with Gasteiger partial charge in [-0.25, -0.2) is 0 Å². The van der Waals surface area contributed by atoms with Crippen molar-refractivity contribution in [2.24, 2.45) is 0 Å². The average Bonchev–Trinajstić information content (AvgIpc) is 3.34. The molecule has 0 N–H and O–H groups in total. The Balaban J connectivity index is 1.36. The van der Waals surface area contributed by atoms with Crippen molar-refractivity contribution in [3.8, 4) is 5.75 Å². The minimum atomic E-state index is -0.270. The third-order valence-electron chi connectivity index (χ3n) is 5.70. The molecule has 3 amide bonds. The minimum Gasteiger partial charge on any atom is -0.497 e. The number of hydrogen-bond acceptors (Lipinski definition) is 4. The number of methoxy groups -OCH3 is 1. The van der Waals surface area contributed by atoms with Crippen molar-refractivity contribution in [1.82, 2.24) is 9.80 Å². The third-order valence-corrected chi connectivity index (χ3v) is 5.70. The number of nitrogens with zero attached hydrogens (tertiary/aromatic N) is 2. The third kappa shape index (κ3) is 3.62. The fraction of sp³-hybridized carbons (Fsp3) is 0.348. The van der Waals surface area contributed by atoms with Gasteiger partial charge in [-0.3, -0.25) is 19.3 Å². The van der Waals surface area contributed by atoms with Gasteiger partial charge in [0.25, 0.3) is 11.8 Å². The fourth-order valence-corrected chi connectivity index (χ4v) is 4.23. The van der Waals surface area contributed by atoms with Crippen LogP contribution in [0.3, 0.4) is 0 Å². The maximum absolute atomic E-state index is 12.8. The fourth-order valence-electron chi connectivity index (χ4n) is 4.23. The number of rotatable bonds is 6.